The first kappa shape index (κ1) is 19.4. The molecule has 0 aliphatic carbocycles. The summed E-state index contributed by atoms with van der Waals surface area (Å²) < 4.78 is 11.7. The Balaban J connectivity index is 1.45. The molecule has 0 fully saturated rings. The molecule has 3 rings (SSSR count). The zero-order valence-corrected chi connectivity index (χ0v) is 15.6. The van der Waals surface area contributed by atoms with Crippen molar-refractivity contribution in [3.8, 4) is 0 Å². The minimum absolute atomic E-state index is 0.0366. The molecule has 7 nitrogen and oxygen atoms in total. The summed E-state index contributed by atoms with van der Waals surface area (Å²) in [4.78, 5) is 36.0. The Hall–Kier alpha value is -3.35. The van der Waals surface area contributed by atoms with E-state index in [-0.39, 0.29) is 18.9 Å². The van der Waals surface area contributed by atoms with Crippen molar-refractivity contribution in [2.45, 2.75) is 32.4 Å². The zero-order valence-electron chi connectivity index (χ0n) is 15.6. The largest absolute Gasteiger partial charge is 0.452 e. The van der Waals surface area contributed by atoms with Gasteiger partial charge in [0.1, 0.15) is 0 Å². The van der Waals surface area contributed by atoms with Crippen LogP contribution < -0.4 is 11.1 Å². The maximum absolute atomic E-state index is 12.1. The molecule has 0 aliphatic heterocycles. The van der Waals surface area contributed by atoms with E-state index >= 15 is 0 Å². The van der Waals surface area contributed by atoms with Crippen molar-refractivity contribution in [1.82, 2.24) is 9.88 Å². The summed E-state index contributed by atoms with van der Waals surface area (Å²) >= 11 is 0. The second-order valence-corrected chi connectivity index (χ2v) is 6.40. The number of hydrogen-bond donors (Lipinski definition) is 1. The zero-order chi connectivity index (χ0) is 19.9. The fourth-order valence-electron chi connectivity index (χ4n) is 2.86. The summed E-state index contributed by atoms with van der Waals surface area (Å²) in [7, 11) is 0. The number of esters is 1. The first-order valence-electron chi connectivity index (χ1n) is 9.14. The molecule has 0 radical (unpaired) electrons. The Morgan fingerprint density at radius 3 is 2.61 bits per heavy atom. The van der Waals surface area contributed by atoms with Gasteiger partial charge < -0.3 is 14.5 Å². The van der Waals surface area contributed by atoms with Crippen molar-refractivity contribution in [2.75, 3.05) is 6.54 Å². The van der Waals surface area contributed by atoms with Crippen LogP contribution in [0.4, 0.5) is 0 Å². The number of rotatable bonds is 8. The smallest absolute Gasteiger partial charge is 0.419 e. The van der Waals surface area contributed by atoms with Crippen molar-refractivity contribution in [2.24, 2.45) is 0 Å². The van der Waals surface area contributed by atoms with Crippen LogP contribution in [0.25, 0.3) is 11.1 Å². The van der Waals surface area contributed by atoms with Crippen molar-refractivity contribution < 1.29 is 18.7 Å². The van der Waals surface area contributed by atoms with Gasteiger partial charge in [-0.05, 0) is 31.0 Å². The standard InChI is InChI=1S/C21H22N2O5/c1-15(20(25)22-13-11-16-7-3-2-4-8-16)27-19(24)12-14-23-17-9-5-6-10-18(17)28-21(23)26/h2-10,15H,11-14H2,1H3,(H,22,25)/t15-/m0/s1. The van der Waals surface area contributed by atoms with Gasteiger partial charge in [-0.25, -0.2) is 4.79 Å². The van der Waals surface area contributed by atoms with E-state index in [4.69, 9.17) is 9.15 Å². The first-order chi connectivity index (χ1) is 13.5. The molecule has 28 heavy (non-hydrogen) atoms. The minimum atomic E-state index is -0.902. The predicted octanol–water partition coefficient (Wildman–Crippen LogP) is 2.28. The maximum Gasteiger partial charge on any atom is 0.419 e. The number of fused-ring (bicyclic) bond motifs is 1. The van der Waals surface area contributed by atoms with Gasteiger partial charge >= 0.3 is 11.7 Å². The van der Waals surface area contributed by atoms with Gasteiger partial charge in [-0.3, -0.25) is 14.2 Å². The SMILES string of the molecule is C[C@H](OC(=O)CCn1c(=O)oc2ccccc21)C(=O)NCCc1ccccc1. The Kier molecular flexibility index (Phi) is 6.26. The Morgan fingerprint density at radius 1 is 1.11 bits per heavy atom. The fraction of sp³-hybridized carbons (Fsp3) is 0.286. The Bertz CT molecular complexity index is 1010. The molecule has 1 aromatic heterocycles. The predicted molar refractivity (Wildman–Crippen MR) is 104 cm³/mol. The number of aromatic nitrogens is 1. The molecule has 0 unspecified atom stereocenters. The summed E-state index contributed by atoms with van der Waals surface area (Å²) in [6, 6.07) is 16.8. The third-order valence-corrected chi connectivity index (χ3v) is 4.35. The van der Waals surface area contributed by atoms with Crippen LogP contribution >= 0.6 is 0 Å². The molecular weight excluding hydrogens is 360 g/mol. The number of ether oxygens (including phenoxy) is 1. The van der Waals surface area contributed by atoms with Crippen LogP contribution in [-0.2, 0) is 27.3 Å². The van der Waals surface area contributed by atoms with E-state index in [2.05, 4.69) is 5.32 Å². The van der Waals surface area contributed by atoms with Crippen LogP contribution in [0.3, 0.4) is 0 Å². The van der Waals surface area contributed by atoms with E-state index in [0.29, 0.717) is 24.1 Å². The summed E-state index contributed by atoms with van der Waals surface area (Å²) in [5.74, 6) is -1.43. The third kappa shape index (κ3) is 4.88. The molecule has 1 N–H and O–H groups in total. The quantitative estimate of drug-likeness (QED) is 0.604. The summed E-state index contributed by atoms with van der Waals surface area (Å²) in [6.07, 6.45) is -0.240. The molecular formula is C21H22N2O5. The lowest BCUT2D eigenvalue weighted by molar-refractivity contribution is -0.155. The molecule has 3 aromatic rings. The molecule has 2 aromatic carbocycles. The molecule has 1 heterocycles. The highest BCUT2D eigenvalue weighted by atomic mass is 16.5. The Morgan fingerprint density at radius 2 is 1.82 bits per heavy atom. The van der Waals surface area contributed by atoms with Gasteiger partial charge in [-0.2, -0.15) is 0 Å². The van der Waals surface area contributed by atoms with E-state index in [0.717, 1.165) is 5.56 Å². The number of para-hydroxylation sites is 2. The molecule has 1 amide bonds. The van der Waals surface area contributed by atoms with Gasteiger partial charge in [0.25, 0.3) is 5.91 Å². The van der Waals surface area contributed by atoms with Gasteiger partial charge in [0.2, 0.25) is 0 Å². The van der Waals surface area contributed by atoms with E-state index in [1.54, 1.807) is 24.3 Å². The van der Waals surface area contributed by atoms with Crippen LogP contribution in [0.1, 0.15) is 18.9 Å². The summed E-state index contributed by atoms with van der Waals surface area (Å²) in [6.45, 7) is 2.10. The van der Waals surface area contributed by atoms with E-state index in [9.17, 15) is 14.4 Å². The number of benzene rings is 2. The molecule has 7 heteroatoms. The monoisotopic (exact) mass is 382 g/mol. The van der Waals surface area contributed by atoms with E-state index in [1.807, 2.05) is 30.3 Å². The average Bonchev–Trinajstić information content (AvgIpc) is 3.02. The normalized spacial score (nSPS) is 11.9. The summed E-state index contributed by atoms with van der Waals surface area (Å²) in [5.41, 5.74) is 2.20. The van der Waals surface area contributed by atoms with Gasteiger partial charge in [-0.15, -0.1) is 0 Å². The highest BCUT2D eigenvalue weighted by Gasteiger charge is 2.18. The lowest BCUT2D eigenvalue weighted by Crippen LogP contribution is -2.37. The van der Waals surface area contributed by atoms with Crippen LogP contribution in [-0.4, -0.2) is 29.1 Å². The van der Waals surface area contributed by atoms with Gasteiger partial charge in [-0.1, -0.05) is 42.5 Å². The number of hydrogen-bond acceptors (Lipinski definition) is 5. The average molecular weight is 382 g/mol. The van der Waals surface area contributed by atoms with E-state index < -0.39 is 17.8 Å². The lowest BCUT2D eigenvalue weighted by atomic mass is 10.1. The van der Waals surface area contributed by atoms with Crippen LogP contribution in [0.2, 0.25) is 0 Å². The maximum atomic E-state index is 12.1. The number of carbonyl (C=O) groups is 2. The number of carbonyl (C=O) groups excluding carboxylic acids is 2. The first-order valence-corrected chi connectivity index (χ1v) is 9.14. The highest BCUT2D eigenvalue weighted by Crippen LogP contribution is 2.12. The van der Waals surface area contributed by atoms with Crippen molar-refractivity contribution >= 4 is 23.0 Å². The molecule has 146 valence electrons. The number of nitrogens with one attached hydrogen (secondary N) is 1. The second kappa shape index (κ2) is 9.03. The molecule has 0 aliphatic rings. The van der Waals surface area contributed by atoms with Gasteiger partial charge in [0.05, 0.1) is 11.9 Å². The molecule has 0 saturated carbocycles. The van der Waals surface area contributed by atoms with Crippen molar-refractivity contribution in [3.05, 3.63) is 70.7 Å². The van der Waals surface area contributed by atoms with E-state index in [1.165, 1.54) is 11.5 Å². The Labute approximate surface area is 161 Å². The molecule has 0 bridgehead atoms. The number of nitrogens with zero attached hydrogens (tertiary/aromatic N) is 1. The molecule has 1 atom stereocenters. The number of aryl methyl sites for hydroxylation is 1. The van der Waals surface area contributed by atoms with Crippen LogP contribution in [0.5, 0.6) is 0 Å². The van der Waals surface area contributed by atoms with Crippen LogP contribution in [0, 0.1) is 0 Å². The molecule has 0 spiro atoms. The highest BCUT2D eigenvalue weighted by molar-refractivity contribution is 5.83. The van der Waals surface area contributed by atoms with Gasteiger partial charge in [0.15, 0.2) is 11.7 Å². The van der Waals surface area contributed by atoms with Gasteiger partial charge in [0, 0.05) is 13.1 Å². The topological polar surface area (TPSA) is 90.5 Å². The minimum Gasteiger partial charge on any atom is -0.452 e. The second-order valence-electron chi connectivity index (χ2n) is 6.40. The summed E-state index contributed by atoms with van der Waals surface area (Å²) in [5, 5.41) is 2.75. The molecule has 0 saturated heterocycles. The lowest BCUT2D eigenvalue weighted by Gasteiger charge is -2.13. The number of oxazole rings is 1. The van der Waals surface area contributed by atoms with Crippen molar-refractivity contribution in [3.63, 3.8) is 0 Å². The van der Waals surface area contributed by atoms with Crippen LogP contribution in [0.15, 0.2) is 63.8 Å². The number of amides is 1. The van der Waals surface area contributed by atoms with Crippen molar-refractivity contribution in [1.29, 1.82) is 0 Å². The fourth-order valence-corrected chi connectivity index (χ4v) is 2.86. The third-order valence-electron chi connectivity index (χ3n) is 4.35.